The third-order valence-corrected chi connectivity index (χ3v) is 3.39. The molecule has 0 aliphatic rings. The molecule has 20 heavy (non-hydrogen) atoms. The highest BCUT2D eigenvalue weighted by atomic mass is 35.5. The summed E-state index contributed by atoms with van der Waals surface area (Å²) in [5.41, 5.74) is 8.15. The molecule has 0 aliphatic heterocycles. The summed E-state index contributed by atoms with van der Waals surface area (Å²) in [6, 6.07) is 9.72. The lowest BCUT2D eigenvalue weighted by Gasteiger charge is -2.10. The molecule has 0 unspecified atom stereocenters. The van der Waals surface area contributed by atoms with E-state index in [1.165, 1.54) is 0 Å². The van der Waals surface area contributed by atoms with Crippen molar-refractivity contribution in [3.63, 3.8) is 0 Å². The van der Waals surface area contributed by atoms with Crippen LogP contribution in [0.5, 0.6) is 0 Å². The number of hydrogen-bond acceptors (Lipinski definition) is 2. The fraction of sp³-hybridized carbons (Fsp3) is 0.0714. The number of carbonyl (C=O) groups is 1. The second-order valence-corrected chi connectivity index (χ2v) is 5.10. The average Bonchev–Trinajstić information content (AvgIpc) is 2.37. The van der Waals surface area contributed by atoms with Crippen molar-refractivity contribution in [3.8, 4) is 0 Å². The molecule has 0 radical (unpaired) electrons. The van der Waals surface area contributed by atoms with Crippen LogP contribution in [0.25, 0.3) is 0 Å². The maximum Gasteiger partial charge on any atom is 0.323 e. The normalized spacial score (nSPS) is 10.2. The van der Waals surface area contributed by atoms with Gasteiger partial charge in [-0.05, 0) is 48.9 Å². The molecule has 0 bridgehead atoms. The summed E-state index contributed by atoms with van der Waals surface area (Å²) >= 11 is 11.9. The fourth-order valence-corrected chi connectivity index (χ4v) is 1.99. The SMILES string of the molecule is Cc1cc(NC(=O)Nc2ccc(N)cc2Cl)ccc1Cl. The number of nitrogens with one attached hydrogen (secondary N) is 2. The van der Waals surface area contributed by atoms with E-state index in [0.717, 1.165) is 5.56 Å². The van der Waals surface area contributed by atoms with Gasteiger partial charge in [0.25, 0.3) is 0 Å². The first kappa shape index (κ1) is 14.5. The number of rotatable bonds is 2. The van der Waals surface area contributed by atoms with Crippen LogP contribution in [0.15, 0.2) is 36.4 Å². The first-order chi connectivity index (χ1) is 9.45. The molecule has 2 aromatic carbocycles. The Kier molecular flexibility index (Phi) is 4.37. The Bertz CT molecular complexity index is 659. The Morgan fingerprint density at radius 3 is 2.45 bits per heavy atom. The van der Waals surface area contributed by atoms with Crippen LogP contribution in [0.2, 0.25) is 10.0 Å². The Morgan fingerprint density at radius 1 is 1.05 bits per heavy atom. The molecule has 4 N–H and O–H groups in total. The molecular formula is C14H13Cl2N3O. The summed E-state index contributed by atoms with van der Waals surface area (Å²) in [6.07, 6.45) is 0. The molecule has 0 saturated heterocycles. The van der Waals surface area contributed by atoms with Gasteiger partial charge in [-0.1, -0.05) is 23.2 Å². The zero-order chi connectivity index (χ0) is 14.7. The number of nitrogens with two attached hydrogens (primary N) is 1. The van der Waals surface area contributed by atoms with Gasteiger partial charge in [-0.2, -0.15) is 0 Å². The fourth-order valence-electron chi connectivity index (χ4n) is 1.64. The summed E-state index contributed by atoms with van der Waals surface area (Å²) in [5, 5.41) is 6.38. The molecule has 0 spiro atoms. The molecule has 2 aromatic rings. The van der Waals surface area contributed by atoms with Gasteiger partial charge in [0.2, 0.25) is 0 Å². The highest BCUT2D eigenvalue weighted by Gasteiger charge is 2.07. The largest absolute Gasteiger partial charge is 0.399 e. The molecule has 0 saturated carbocycles. The number of urea groups is 1. The van der Waals surface area contributed by atoms with Gasteiger partial charge in [-0.15, -0.1) is 0 Å². The number of nitrogen functional groups attached to an aromatic ring is 1. The smallest absolute Gasteiger partial charge is 0.323 e. The minimum absolute atomic E-state index is 0.382. The lowest BCUT2D eigenvalue weighted by atomic mass is 10.2. The van der Waals surface area contributed by atoms with Crippen molar-refractivity contribution in [1.82, 2.24) is 0 Å². The molecule has 2 amide bonds. The van der Waals surface area contributed by atoms with Gasteiger partial charge >= 0.3 is 6.03 Å². The number of aryl methyl sites for hydroxylation is 1. The lowest BCUT2D eigenvalue weighted by Crippen LogP contribution is -2.19. The van der Waals surface area contributed by atoms with Crippen molar-refractivity contribution in [2.24, 2.45) is 0 Å². The third kappa shape index (κ3) is 3.56. The Balaban J connectivity index is 2.07. The van der Waals surface area contributed by atoms with Gasteiger partial charge in [-0.3, -0.25) is 0 Å². The minimum atomic E-state index is -0.390. The molecule has 104 valence electrons. The second kappa shape index (κ2) is 6.03. The van der Waals surface area contributed by atoms with E-state index in [0.29, 0.717) is 27.1 Å². The minimum Gasteiger partial charge on any atom is -0.399 e. The molecule has 6 heteroatoms. The van der Waals surface area contributed by atoms with E-state index in [9.17, 15) is 4.79 Å². The number of anilines is 3. The molecule has 0 atom stereocenters. The molecule has 0 aromatic heterocycles. The van der Waals surface area contributed by atoms with Crippen molar-refractivity contribution in [3.05, 3.63) is 52.0 Å². The number of benzene rings is 2. The molecule has 4 nitrogen and oxygen atoms in total. The molecule has 0 aliphatic carbocycles. The highest BCUT2D eigenvalue weighted by Crippen LogP contribution is 2.24. The van der Waals surface area contributed by atoms with Crippen molar-refractivity contribution in [1.29, 1.82) is 0 Å². The van der Waals surface area contributed by atoms with Gasteiger partial charge in [0.1, 0.15) is 0 Å². The monoisotopic (exact) mass is 309 g/mol. The standard InChI is InChI=1S/C14H13Cl2N3O/c1-8-6-10(3-4-11(8)15)18-14(20)19-13-5-2-9(17)7-12(13)16/h2-7H,17H2,1H3,(H2,18,19,20). The van der Waals surface area contributed by atoms with Gasteiger partial charge in [-0.25, -0.2) is 4.79 Å². The van der Waals surface area contributed by atoms with Crippen LogP contribution in [0.1, 0.15) is 5.56 Å². The Labute approximate surface area is 126 Å². The van der Waals surface area contributed by atoms with E-state index in [1.807, 2.05) is 6.92 Å². The van der Waals surface area contributed by atoms with Crippen LogP contribution in [0.3, 0.4) is 0 Å². The van der Waals surface area contributed by atoms with Crippen LogP contribution in [-0.4, -0.2) is 6.03 Å². The van der Waals surface area contributed by atoms with Crippen LogP contribution >= 0.6 is 23.2 Å². The number of hydrogen-bond donors (Lipinski definition) is 3. The van der Waals surface area contributed by atoms with Crippen molar-refractivity contribution >= 4 is 46.3 Å². The summed E-state index contributed by atoms with van der Waals surface area (Å²) in [6.45, 7) is 1.86. The van der Waals surface area contributed by atoms with E-state index in [4.69, 9.17) is 28.9 Å². The highest BCUT2D eigenvalue weighted by molar-refractivity contribution is 6.34. The van der Waals surface area contributed by atoms with E-state index in [2.05, 4.69) is 10.6 Å². The summed E-state index contributed by atoms with van der Waals surface area (Å²) in [4.78, 5) is 11.9. The maximum atomic E-state index is 11.9. The second-order valence-electron chi connectivity index (χ2n) is 4.28. The Morgan fingerprint density at radius 2 is 1.80 bits per heavy atom. The van der Waals surface area contributed by atoms with E-state index in [-0.39, 0.29) is 0 Å². The zero-order valence-corrected chi connectivity index (χ0v) is 12.2. The first-order valence-electron chi connectivity index (χ1n) is 5.85. The summed E-state index contributed by atoms with van der Waals surface area (Å²) in [7, 11) is 0. The topological polar surface area (TPSA) is 67.2 Å². The lowest BCUT2D eigenvalue weighted by molar-refractivity contribution is 0.262. The Hall–Kier alpha value is -1.91. The van der Waals surface area contributed by atoms with Crippen molar-refractivity contribution < 1.29 is 4.79 Å². The first-order valence-corrected chi connectivity index (χ1v) is 6.60. The summed E-state index contributed by atoms with van der Waals surface area (Å²) in [5.74, 6) is 0. The van der Waals surface area contributed by atoms with E-state index >= 15 is 0 Å². The number of halogens is 2. The van der Waals surface area contributed by atoms with Crippen LogP contribution < -0.4 is 16.4 Å². The molecular weight excluding hydrogens is 297 g/mol. The predicted octanol–water partition coefficient (Wildman–Crippen LogP) is 4.53. The van der Waals surface area contributed by atoms with Crippen molar-refractivity contribution in [2.45, 2.75) is 6.92 Å². The molecule has 0 fully saturated rings. The van der Waals surface area contributed by atoms with Crippen LogP contribution in [-0.2, 0) is 0 Å². The maximum absolute atomic E-state index is 11.9. The summed E-state index contributed by atoms with van der Waals surface area (Å²) < 4.78 is 0. The van der Waals surface area contributed by atoms with Gasteiger partial charge in [0.15, 0.2) is 0 Å². The molecule has 2 rings (SSSR count). The van der Waals surface area contributed by atoms with Gasteiger partial charge in [0.05, 0.1) is 10.7 Å². The number of carbonyl (C=O) groups excluding carboxylic acids is 1. The van der Waals surface area contributed by atoms with Crippen LogP contribution in [0, 0.1) is 6.92 Å². The average molecular weight is 310 g/mol. The van der Waals surface area contributed by atoms with E-state index < -0.39 is 6.03 Å². The number of amides is 2. The van der Waals surface area contributed by atoms with Gasteiger partial charge < -0.3 is 16.4 Å². The van der Waals surface area contributed by atoms with Gasteiger partial charge in [0, 0.05) is 16.4 Å². The quantitative estimate of drug-likeness (QED) is 0.713. The van der Waals surface area contributed by atoms with E-state index in [1.54, 1.807) is 36.4 Å². The third-order valence-electron chi connectivity index (χ3n) is 2.66. The predicted molar refractivity (Wildman–Crippen MR) is 84.7 cm³/mol. The zero-order valence-electron chi connectivity index (χ0n) is 10.7. The van der Waals surface area contributed by atoms with Crippen molar-refractivity contribution in [2.75, 3.05) is 16.4 Å². The van der Waals surface area contributed by atoms with Crippen LogP contribution in [0.4, 0.5) is 21.9 Å². The molecule has 0 heterocycles.